The first kappa shape index (κ1) is 13.3. The first-order chi connectivity index (χ1) is 9.83. The van der Waals surface area contributed by atoms with Crippen LogP contribution in [0.25, 0.3) is 10.9 Å². The number of thiazole rings is 1. The summed E-state index contributed by atoms with van der Waals surface area (Å²) in [4.78, 5) is 4.42. The molecule has 0 saturated carbocycles. The van der Waals surface area contributed by atoms with Gasteiger partial charge in [-0.2, -0.15) is 0 Å². The predicted octanol–water partition coefficient (Wildman–Crippen LogP) is 3.40. The molecule has 0 amide bonds. The lowest BCUT2D eigenvalue weighted by Crippen LogP contribution is -2.14. The first-order valence-corrected chi connectivity index (χ1v) is 7.87. The molecule has 20 heavy (non-hydrogen) atoms. The van der Waals surface area contributed by atoms with Gasteiger partial charge in [-0.1, -0.05) is 18.2 Å². The molecule has 2 N–H and O–H groups in total. The number of nitrogens with two attached hydrogens (primary N) is 1. The Kier molecular flexibility index (Phi) is 3.85. The van der Waals surface area contributed by atoms with Crippen LogP contribution < -0.4 is 5.73 Å². The molecule has 2 heterocycles. The minimum absolute atomic E-state index is 0.311. The molecule has 3 aromatic rings. The third-order valence-electron chi connectivity index (χ3n) is 3.76. The van der Waals surface area contributed by atoms with Crippen molar-refractivity contribution in [2.75, 3.05) is 6.54 Å². The molecule has 3 nitrogen and oxygen atoms in total. The predicted molar refractivity (Wildman–Crippen MR) is 85.2 cm³/mol. The molecule has 1 aromatic carbocycles. The highest BCUT2D eigenvalue weighted by atomic mass is 32.1. The van der Waals surface area contributed by atoms with Crippen molar-refractivity contribution >= 4 is 22.2 Å². The number of hydrogen-bond donors (Lipinski definition) is 1. The van der Waals surface area contributed by atoms with Crippen molar-refractivity contribution in [2.45, 2.75) is 25.8 Å². The van der Waals surface area contributed by atoms with E-state index in [-0.39, 0.29) is 0 Å². The molecule has 0 bridgehead atoms. The van der Waals surface area contributed by atoms with Crippen molar-refractivity contribution in [1.82, 2.24) is 9.55 Å². The van der Waals surface area contributed by atoms with Crippen molar-refractivity contribution < 1.29 is 0 Å². The van der Waals surface area contributed by atoms with Crippen LogP contribution in [0.5, 0.6) is 0 Å². The molecule has 0 aliphatic rings. The van der Waals surface area contributed by atoms with Gasteiger partial charge in [0.2, 0.25) is 0 Å². The van der Waals surface area contributed by atoms with Crippen LogP contribution in [0, 0.1) is 0 Å². The highest BCUT2D eigenvalue weighted by Gasteiger charge is 2.16. The molecular weight excluding hydrogens is 266 g/mol. The number of hydrogen-bond acceptors (Lipinski definition) is 3. The molecule has 3 rings (SSSR count). The van der Waals surface area contributed by atoms with Gasteiger partial charge in [0.1, 0.15) is 0 Å². The summed E-state index contributed by atoms with van der Waals surface area (Å²) < 4.78 is 2.31. The summed E-state index contributed by atoms with van der Waals surface area (Å²) in [5, 5.41) is 4.50. The van der Waals surface area contributed by atoms with Gasteiger partial charge in [0.05, 0.1) is 5.01 Å². The van der Waals surface area contributed by atoms with Crippen molar-refractivity contribution in [2.24, 2.45) is 5.73 Å². The quantitative estimate of drug-likeness (QED) is 0.781. The van der Waals surface area contributed by atoms with Crippen LogP contribution >= 0.6 is 11.3 Å². The topological polar surface area (TPSA) is 43.8 Å². The summed E-state index contributed by atoms with van der Waals surface area (Å²) >= 11 is 1.69. The second-order valence-electron chi connectivity index (χ2n) is 4.96. The highest BCUT2D eigenvalue weighted by molar-refractivity contribution is 7.09. The Bertz CT molecular complexity index is 685. The van der Waals surface area contributed by atoms with E-state index in [9.17, 15) is 0 Å². The summed E-state index contributed by atoms with van der Waals surface area (Å²) in [5.74, 6) is 0.311. The number of fused-ring (bicyclic) bond motifs is 1. The summed E-state index contributed by atoms with van der Waals surface area (Å²) in [6.45, 7) is 3.81. The van der Waals surface area contributed by atoms with Gasteiger partial charge in [-0.25, -0.2) is 4.98 Å². The highest BCUT2D eigenvalue weighted by Crippen LogP contribution is 2.28. The fourth-order valence-electron chi connectivity index (χ4n) is 2.72. The molecule has 104 valence electrons. The van der Waals surface area contributed by atoms with Gasteiger partial charge in [-0.15, -0.1) is 11.3 Å². The van der Waals surface area contributed by atoms with E-state index in [1.807, 2.05) is 11.6 Å². The second kappa shape index (κ2) is 5.77. The molecule has 0 spiro atoms. The standard InChI is InChI=1S/C16H19N3S/c1-2-19-11-13(14-5-3-4-6-15(14)19)9-12(10-17)16-18-7-8-20-16/h3-8,11-12H,2,9-10,17H2,1H3. The zero-order valence-corrected chi connectivity index (χ0v) is 12.4. The Morgan fingerprint density at radius 2 is 2.20 bits per heavy atom. The molecule has 0 radical (unpaired) electrons. The molecule has 4 heteroatoms. The van der Waals surface area contributed by atoms with Gasteiger partial charge in [0, 0.05) is 47.7 Å². The van der Waals surface area contributed by atoms with Crippen LogP contribution in [0.3, 0.4) is 0 Å². The maximum atomic E-state index is 5.96. The number of nitrogens with zero attached hydrogens (tertiary/aromatic N) is 2. The molecule has 0 aliphatic carbocycles. The lowest BCUT2D eigenvalue weighted by Gasteiger charge is -2.10. The number of rotatable bonds is 5. The molecule has 0 aliphatic heterocycles. The van der Waals surface area contributed by atoms with Crippen LogP contribution in [0.2, 0.25) is 0 Å². The SMILES string of the molecule is CCn1cc(CC(CN)c2nccs2)c2ccccc21. The Morgan fingerprint density at radius 3 is 2.90 bits per heavy atom. The molecule has 0 fully saturated rings. The number of benzene rings is 1. The monoisotopic (exact) mass is 285 g/mol. The summed E-state index contributed by atoms with van der Waals surface area (Å²) in [6, 6.07) is 8.58. The van der Waals surface area contributed by atoms with E-state index in [2.05, 4.69) is 46.9 Å². The van der Waals surface area contributed by atoms with Gasteiger partial charge < -0.3 is 10.3 Å². The van der Waals surface area contributed by atoms with Gasteiger partial charge in [-0.3, -0.25) is 0 Å². The third-order valence-corrected chi connectivity index (χ3v) is 4.70. The normalized spacial score (nSPS) is 12.9. The van der Waals surface area contributed by atoms with Crippen LogP contribution in [-0.4, -0.2) is 16.1 Å². The van der Waals surface area contributed by atoms with Crippen LogP contribution in [0.15, 0.2) is 42.0 Å². The third kappa shape index (κ3) is 2.37. The fraction of sp³-hybridized carbons (Fsp3) is 0.312. The van der Waals surface area contributed by atoms with Gasteiger partial charge in [0.15, 0.2) is 0 Å². The smallest absolute Gasteiger partial charge is 0.0971 e. The maximum absolute atomic E-state index is 5.96. The Morgan fingerprint density at radius 1 is 1.35 bits per heavy atom. The zero-order valence-electron chi connectivity index (χ0n) is 11.6. The summed E-state index contributed by atoms with van der Waals surface area (Å²) in [5.41, 5.74) is 8.63. The molecule has 0 saturated heterocycles. The first-order valence-electron chi connectivity index (χ1n) is 6.99. The van der Waals surface area contributed by atoms with Crippen molar-refractivity contribution in [3.8, 4) is 0 Å². The van der Waals surface area contributed by atoms with Gasteiger partial charge >= 0.3 is 0 Å². The van der Waals surface area contributed by atoms with Crippen molar-refractivity contribution in [3.63, 3.8) is 0 Å². The van der Waals surface area contributed by atoms with E-state index in [1.165, 1.54) is 16.5 Å². The average molecular weight is 285 g/mol. The molecular formula is C16H19N3S. The zero-order chi connectivity index (χ0) is 13.9. The van der Waals surface area contributed by atoms with E-state index >= 15 is 0 Å². The van der Waals surface area contributed by atoms with Crippen LogP contribution in [0.4, 0.5) is 0 Å². The fourth-order valence-corrected chi connectivity index (χ4v) is 3.48. The minimum Gasteiger partial charge on any atom is -0.347 e. The van der Waals surface area contributed by atoms with Crippen molar-refractivity contribution in [1.29, 1.82) is 0 Å². The summed E-state index contributed by atoms with van der Waals surface area (Å²) in [6.07, 6.45) is 5.08. The van der Waals surface area contributed by atoms with Crippen LogP contribution in [-0.2, 0) is 13.0 Å². The van der Waals surface area contributed by atoms with Gasteiger partial charge in [-0.05, 0) is 25.0 Å². The van der Waals surface area contributed by atoms with E-state index in [4.69, 9.17) is 5.73 Å². The lowest BCUT2D eigenvalue weighted by atomic mass is 9.99. The second-order valence-corrected chi connectivity index (χ2v) is 5.89. The Hall–Kier alpha value is -1.65. The van der Waals surface area contributed by atoms with Crippen LogP contribution in [0.1, 0.15) is 23.4 Å². The Balaban J connectivity index is 1.98. The largest absolute Gasteiger partial charge is 0.347 e. The number of aromatic nitrogens is 2. The Labute approximate surface area is 123 Å². The van der Waals surface area contributed by atoms with Crippen molar-refractivity contribution in [3.05, 3.63) is 52.6 Å². The minimum atomic E-state index is 0.311. The number of aryl methyl sites for hydroxylation is 1. The molecule has 1 atom stereocenters. The maximum Gasteiger partial charge on any atom is 0.0971 e. The van der Waals surface area contributed by atoms with E-state index in [0.29, 0.717) is 12.5 Å². The van der Waals surface area contributed by atoms with E-state index in [1.54, 1.807) is 11.3 Å². The summed E-state index contributed by atoms with van der Waals surface area (Å²) in [7, 11) is 0. The van der Waals surface area contributed by atoms with Gasteiger partial charge in [0.25, 0.3) is 0 Å². The van der Waals surface area contributed by atoms with E-state index < -0.39 is 0 Å². The average Bonchev–Trinajstić information content (AvgIpc) is 3.13. The molecule has 2 aromatic heterocycles. The lowest BCUT2D eigenvalue weighted by molar-refractivity contribution is 0.687. The van der Waals surface area contributed by atoms with E-state index in [0.717, 1.165) is 18.0 Å². The molecule has 1 unspecified atom stereocenters. The number of para-hydroxylation sites is 1.